The minimum Gasteiger partial charge on any atom is -0.435 e. The molecule has 2 N–H and O–H groups in total. The van der Waals surface area contributed by atoms with Crippen LogP contribution in [0.1, 0.15) is 0 Å². The number of carbonyl (C=O) groups is 1. The van der Waals surface area contributed by atoms with E-state index in [1.54, 1.807) is 0 Å². The second-order valence-corrected chi connectivity index (χ2v) is 5.43. The summed E-state index contributed by atoms with van der Waals surface area (Å²) in [7, 11) is 0. The highest BCUT2D eigenvalue weighted by Gasteiger charge is 2.06. The third kappa shape index (κ3) is 4.80. The smallest absolute Gasteiger partial charge is 0.387 e. The van der Waals surface area contributed by atoms with Gasteiger partial charge in [0.15, 0.2) is 0 Å². The van der Waals surface area contributed by atoms with Gasteiger partial charge in [0.05, 0.1) is 0 Å². The number of benzene rings is 3. The highest BCUT2D eigenvalue weighted by Crippen LogP contribution is 2.21. The molecule has 6 heteroatoms. The topological polar surface area (TPSA) is 50.4 Å². The molecule has 0 aliphatic heterocycles. The summed E-state index contributed by atoms with van der Waals surface area (Å²) in [6.07, 6.45) is 0. The number of halogens is 2. The van der Waals surface area contributed by atoms with Crippen LogP contribution in [0.4, 0.5) is 25.0 Å². The molecular weight excluding hydrogens is 338 g/mol. The summed E-state index contributed by atoms with van der Waals surface area (Å²) in [6, 6.07) is 22.6. The van der Waals surface area contributed by atoms with Crippen molar-refractivity contribution >= 4 is 17.4 Å². The van der Waals surface area contributed by atoms with Gasteiger partial charge in [0.2, 0.25) is 0 Å². The zero-order valence-electron chi connectivity index (χ0n) is 13.7. The average molecular weight is 354 g/mol. The number of amides is 2. The highest BCUT2D eigenvalue weighted by atomic mass is 19.3. The SMILES string of the molecule is O=C(Nc1ccc(OC(F)F)cc1)Nc1ccc(-c2ccccc2)cc1. The molecule has 0 atom stereocenters. The van der Waals surface area contributed by atoms with Gasteiger partial charge in [0, 0.05) is 11.4 Å². The van der Waals surface area contributed by atoms with E-state index in [0.717, 1.165) is 11.1 Å². The number of urea groups is 1. The number of anilines is 2. The zero-order chi connectivity index (χ0) is 18.4. The van der Waals surface area contributed by atoms with Gasteiger partial charge in [-0.25, -0.2) is 4.79 Å². The fraction of sp³-hybridized carbons (Fsp3) is 0.0500. The van der Waals surface area contributed by atoms with Gasteiger partial charge in [0.1, 0.15) is 5.75 Å². The van der Waals surface area contributed by atoms with E-state index in [1.807, 2.05) is 54.6 Å². The first kappa shape index (κ1) is 17.4. The van der Waals surface area contributed by atoms with Crippen molar-refractivity contribution in [2.45, 2.75) is 6.61 Å². The van der Waals surface area contributed by atoms with Crippen molar-refractivity contribution in [1.29, 1.82) is 0 Å². The lowest BCUT2D eigenvalue weighted by molar-refractivity contribution is -0.0498. The van der Waals surface area contributed by atoms with Gasteiger partial charge in [-0.3, -0.25) is 0 Å². The number of alkyl halides is 2. The van der Waals surface area contributed by atoms with Crippen molar-refractivity contribution in [3.05, 3.63) is 78.9 Å². The van der Waals surface area contributed by atoms with Gasteiger partial charge >= 0.3 is 12.6 Å². The molecule has 3 aromatic carbocycles. The Hall–Kier alpha value is -3.41. The minimum absolute atomic E-state index is 0.0301. The van der Waals surface area contributed by atoms with Gasteiger partial charge in [-0.1, -0.05) is 42.5 Å². The zero-order valence-corrected chi connectivity index (χ0v) is 13.7. The Balaban J connectivity index is 1.58. The fourth-order valence-corrected chi connectivity index (χ4v) is 2.39. The fourth-order valence-electron chi connectivity index (χ4n) is 2.39. The van der Waals surface area contributed by atoms with E-state index in [9.17, 15) is 13.6 Å². The monoisotopic (exact) mass is 354 g/mol. The molecule has 132 valence electrons. The van der Waals surface area contributed by atoms with Gasteiger partial charge < -0.3 is 15.4 Å². The first-order valence-electron chi connectivity index (χ1n) is 7.88. The summed E-state index contributed by atoms with van der Waals surface area (Å²) in [5, 5.41) is 5.34. The summed E-state index contributed by atoms with van der Waals surface area (Å²) in [4.78, 5) is 12.0. The highest BCUT2D eigenvalue weighted by molar-refractivity contribution is 5.99. The van der Waals surface area contributed by atoms with E-state index in [1.165, 1.54) is 24.3 Å². The van der Waals surface area contributed by atoms with Crippen LogP contribution in [0.2, 0.25) is 0 Å². The van der Waals surface area contributed by atoms with Crippen molar-refractivity contribution in [3.63, 3.8) is 0 Å². The van der Waals surface area contributed by atoms with Crippen LogP contribution in [0.25, 0.3) is 11.1 Å². The number of nitrogens with one attached hydrogen (secondary N) is 2. The third-order valence-corrected chi connectivity index (χ3v) is 3.59. The molecule has 0 aliphatic rings. The van der Waals surface area contributed by atoms with E-state index in [4.69, 9.17) is 0 Å². The molecule has 0 saturated heterocycles. The van der Waals surface area contributed by atoms with E-state index in [0.29, 0.717) is 11.4 Å². The summed E-state index contributed by atoms with van der Waals surface area (Å²) in [6.45, 7) is -2.88. The molecule has 0 bridgehead atoms. The van der Waals surface area contributed by atoms with Crippen LogP contribution in [0, 0.1) is 0 Å². The number of hydrogen-bond acceptors (Lipinski definition) is 2. The Bertz CT molecular complexity index is 851. The Morgan fingerprint density at radius 3 is 1.77 bits per heavy atom. The largest absolute Gasteiger partial charge is 0.435 e. The molecule has 4 nitrogen and oxygen atoms in total. The van der Waals surface area contributed by atoms with Crippen molar-refractivity contribution in [2.24, 2.45) is 0 Å². The lowest BCUT2D eigenvalue weighted by Gasteiger charge is -2.09. The number of carbonyl (C=O) groups excluding carboxylic acids is 1. The molecule has 0 aromatic heterocycles. The van der Waals surface area contributed by atoms with Crippen LogP contribution in [0.5, 0.6) is 5.75 Å². The van der Waals surface area contributed by atoms with Crippen LogP contribution in [-0.2, 0) is 0 Å². The average Bonchev–Trinajstić information content (AvgIpc) is 2.64. The normalized spacial score (nSPS) is 10.4. The number of ether oxygens (including phenoxy) is 1. The van der Waals surface area contributed by atoms with Crippen molar-refractivity contribution in [1.82, 2.24) is 0 Å². The van der Waals surface area contributed by atoms with Crippen LogP contribution in [-0.4, -0.2) is 12.6 Å². The molecule has 0 fully saturated rings. The molecule has 3 rings (SSSR count). The van der Waals surface area contributed by atoms with Crippen LogP contribution in [0.3, 0.4) is 0 Å². The molecule has 0 radical (unpaired) electrons. The Morgan fingerprint density at radius 2 is 1.23 bits per heavy atom. The molecule has 2 amide bonds. The lowest BCUT2D eigenvalue weighted by Crippen LogP contribution is -2.19. The van der Waals surface area contributed by atoms with E-state index in [2.05, 4.69) is 15.4 Å². The summed E-state index contributed by atoms with van der Waals surface area (Å²) in [5.74, 6) is 0.0301. The summed E-state index contributed by atoms with van der Waals surface area (Å²) < 4.78 is 28.5. The predicted molar refractivity (Wildman–Crippen MR) is 97.6 cm³/mol. The molecule has 0 spiro atoms. The molecule has 0 heterocycles. The molecule has 3 aromatic rings. The lowest BCUT2D eigenvalue weighted by atomic mass is 10.1. The minimum atomic E-state index is -2.88. The summed E-state index contributed by atoms with van der Waals surface area (Å²) in [5.41, 5.74) is 3.24. The maximum atomic E-state index is 12.1. The molecule has 0 unspecified atom stereocenters. The van der Waals surface area contributed by atoms with E-state index in [-0.39, 0.29) is 5.75 Å². The molecule has 26 heavy (non-hydrogen) atoms. The van der Waals surface area contributed by atoms with Crippen LogP contribution >= 0.6 is 0 Å². The van der Waals surface area contributed by atoms with Crippen LogP contribution in [0.15, 0.2) is 78.9 Å². The number of rotatable bonds is 5. The van der Waals surface area contributed by atoms with Gasteiger partial charge in [-0.2, -0.15) is 8.78 Å². The number of hydrogen-bond donors (Lipinski definition) is 2. The van der Waals surface area contributed by atoms with Gasteiger partial charge in [-0.05, 0) is 47.5 Å². The molecule has 0 aliphatic carbocycles. The van der Waals surface area contributed by atoms with Gasteiger partial charge in [-0.15, -0.1) is 0 Å². The van der Waals surface area contributed by atoms with Crippen molar-refractivity contribution in [3.8, 4) is 16.9 Å². The first-order valence-corrected chi connectivity index (χ1v) is 7.88. The first-order chi connectivity index (χ1) is 12.6. The van der Waals surface area contributed by atoms with Crippen molar-refractivity contribution < 1.29 is 18.3 Å². The standard InChI is InChI=1S/C20H16F2N2O2/c21-19(22)26-18-12-10-17(11-13-18)24-20(25)23-16-8-6-15(7-9-16)14-4-2-1-3-5-14/h1-13,19H,(H2,23,24,25). The maximum absolute atomic E-state index is 12.1. The molecular formula is C20H16F2N2O2. The van der Waals surface area contributed by atoms with E-state index < -0.39 is 12.6 Å². The second-order valence-electron chi connectivity index (χ2n) is 5.43. The maximum Gasteiger partial charge on any atom is 0.387 e. The Labute approximate surface area is 149 Å². The third-order valence-electron chi connectivity index (χ3n) is 3.59. The Morgan fingerprint density at radius 1 is 0.731 bits per heavy atom. The van der Waals surface area contributed by atoms with Crippen molar-refractivity contribution in [2.75, 3.05) is 10.6 Å². The van der Waals surface area contributed by atoms with Crippen LogP contribution < -0.4 is 15.4 Å². The van der Waals surface area contributed by atoms with E-state index >= 15 is 0 Å². The summed E-state index contributed by atoms with van der Waals surface area (Å²) >= 11 is 0. The molecule has 0 saturated carbocycles. The second kappa shape index (κ2) is 8.11. The van der Waals surface area contributed by atoms with Gasteiger partial charge in [0.25, 0.3) is 0 Å². The quantitative estimate of drug-likeness (QED) is 0.627. The Kier molecular flexibility index (Phi) is 5.43. The predicted octanol–water partition coefficient (Wildman–Crippen LogP) is 5.60.